The summed E-state index contributed by atoms with van der Waals surface area (Å²) in [6, 6.07) is 1.31. The number of hydrogen-bond donors (Lipinski definition) is 1. The van der Waals surface area contributed by atoms with Crippen LogP contribution in [0.5, 0.6) is 0 Å². The number of rotatable bonds is 5. The highest BCUT2D eigenvalue weighted by atomic mass is 16.5. The number of nitrogens with zero attached hydrogens (tertiary/aromatic N) is 1. The standard InChI is InChI=1S/C14H28N2O/c1-4-16-7-5-13(6-8-16)17-14-9-12(10-14)15-11(2)3/h11-15H,4-10H2,1-3H3. The lowest BCUT2D eigenvalue weighted by Gasteiger charge is -2.41. The van der Waals surface area contributed by atoms with Gasteiger partial charge >= 0.3 is 0 Å². The topological polar surface area (TPSA) is 24.5 Å². The van der Waals surface area contributed by atoms with Crippen molar-refractivity contribution in [1.82, 2.24) is 10.2 Å². The second-order valence-corrected chi connectivity index (χ2v) is 5.88. The SMILES string of the molecule is CCN1CCC(OC2CC(NC(C)C)C2)CC1. The van der Waals surface area contributed by atoms with Crippen molar-refractivity contribution in [3.63, 3.8) is 0 Å². The van der Waals surface area contributed by atoms with Gasteiger partial charge < -0.3 is 15.0 Å². The van der Waals surface area contributed by atoms with Crippen LogP contribution in [0, 0.1) is 0 Å². The van der Waals surface area contributed by atoms with Crippen molar-refractivity contribution in [2.45, 2.75) is 70.7 Å². The van der Waals surface area contributed by atoms with Gasteiger partial charge in [-0.15, -0.1) is 0 Å². The van der Waals surface area contributed by atoms with Gasteiger partial charge in [0.05, 0.1) is 12.2 Å². The second kappa shape index (κ2) is 6.17. The van der Waals surface area contributed by atoms with Crippen LogP contribution < -0.4 is 5.32 Å². The summed E-state index contributed by atoms with van der Waals surface area (Å²) < 4.78 is 6.17. The molecule has 2 fully saturated rings. The zero-order chi connectivity index (χ0) is 12.3. The van der Waals surface area contributed by atoms with Crippen LogP contribution >= 0.6 is 0 Å². The molecule has 1 saturated carbocycles. The van der Waals surface area contributed by atoms with Crippen LogP contribution in [0.3, 0.4) is 0 Å². The number of nitrogens with one attached hydrogen (secondary N) is 1. The van der Waals surface area contributed by atoms with Gasteiger partial charge in [0.25, 0.3) is 0 Å². The van der Waals surface area contributed by atoms with Crippen LogP contribution in [0.1, 0.15) is 46.5 Å². The van der Waals surface area contributed by atoms with Gasteiger partial charge in [0.15, 0.2) is 0 Å². The van der Waals surface area contributed by atoms with E-state index in [1.807, 2.05) is 0 Å². The van der Waals surface area contributed by atoms with Crippen LogP contribution in [0.2, 0.25) is 0 Å². The highest BCUT2D eigenvalue weighted by Gasteiger charge is 2.32. The molecule has 0 aromatic heterocycles. The van der Waals surface area contributed by atoms with E-state index in [1.165, 1.54) is 45.3 Å². The van der Waals surface area contributed by atoms with Crippen molar-refractivity contribution in [3.8, 4) is 0 Å². The molecule has 0 amide bonds. The van der Waals surface area contributed by atoms with Gasteiger partial charge in [0.2, 0.25) is 0 Å². The van der Waals surface area contributed by atoms with E-state index in [9.17, 15) is 0 Å². The first-order valence-electron chi connectivity index (χ1n) is 7.31. The molecule has 3 nitrogen and oxygen atoms in total. The molecule has 0 bridgehead atoms. The maximum atomic E-state index is 6.17. The van der Waals surface area contributed by atoms with Crippen molar-refractivity contribution in [3.05, 3.63) is 0 Å². The summed E-state index contributed by atoms with van der Waals surface area (Å²) in [6.07, 6.45) is 5.95. The Bertz CT molecular complexity index is 218. The van der Waals surface area contributed by atoms with E-state index < -0.39 is 0 Å². The van der Waals surface area contributed by atoms with Crippen molar-refractivity contribution in [2.24, 2.45) is 0 Å². The van der Waals surface area contributed by atoms with E-state index in [-0.39, 0.29) is 0 Å². The summed E-state index contributed by atoms with van der Waals surface area (Å²) in [5.74, 6) is 0. The average Bonchev–Trinajstić information content (AvgIpc) is 2.26. The average molecular weight is 240 g/mol. The molecule has 0 atom stereocenters. The third-order valence-electron chi connectivity index (χ3n) is 4.03. The summed E-state index contributed by atoms with van der Waals surface area (Å²) in [7, 11) is 0. The van der Waals surface area contributed by atoms with Crippen LogP contribution in [-0.4, -0.2) is 48.8 Å². The van der Waals surface area contributed by atoms with E-state index in [1.54, 1.807) is 0 Å². The molecule has 3 heteroatoms. The fourth-order valence-electron chi connectivity index (χ4n) is 2.92. The van der Waals surface area contributed by atoms with Crippen LogP contribution in [0.4, 0.5) is 0 Å². The van der Waals surface area contributed by atoms with E-state index >= 15 is 0 Å². The Labute approximate surface area is 106 Å². The summed E-state index contributed by atoms with van der Waals surface area (Å²) in [5.41, 5.74) is 0. The molecular formula is C14H28N2O. The van der Waals surface area contributed by atoms with Gasteiger partial charge in [-0.2, -0.15) is 0 Å². The molecular weight excluding hydrogens is 212 g/mol. The van der Waals surface area contributed by atoms with Crippen molar-refractivity contribution >= 4 is 0 Å². The Morgan fingerprint density at radius 1 is 1.18 bits per heavy atom. The Morgan fingerprint density at radius 3 is 2.35 bits per heavy atom. The lowest BCUT2D eigenvalue weighted by molar-refractivity contribution is -0.0845. The van der Waals surface area contributed by atoms with E-state index in [2.05, 4.69) is 31.0 Å². The lowest BCUT2D eigenvalue weighted by atomic mass is 9.88. The molecule has 1 heterocycles. The Balaban J connectivity index is 1.58. The quantitative estimate of drug-likeness (QED) is 0.795. The third kappa shape index (κ3) is 3.94. The number of hydrogen-bond acceptors (Lipinski definition) is 3. The molecule has 2 rings (SSSR count). The molecule has 0 unspecified atom stereocenters. The second-order valence-electron chi connectivity index (χ2n) is 5.88. The third-order valence-corrected chi connectivity index (χ3v) is 4.03. The van der Waals surface area contributed by atoms with Gasteiger partial charge in [-0.25, -0.2) is 0 Å². The molecule has 1 aliphatic heterocycles. The fraction of sp³-hybridized carbons (Fsp3) is 1.00. The summed E-state index contributed by atoms with van der Waals surface area (Å²) >= 11 is 0. The minimum absolute atomic E-state index is 0.530. The first kappa shape index (κ1) is 13.3. The Hall–Kier alpha value is -0.120. The number of likely N-dealkylation sites (tertiary alicyclic amines) is 1. The van der Waals surface area contributed by atoms with Crippen LogP contribution in [-0.2, 0) is 4.74 Å². The highest BCUT2D eigenvalue weighted by molar-refractivity contribution is 4.88. The molecule has 17 heavy (non-hydrogen) atoms. The summed E-state index contributed by atoms with van der Waals surface area (Å²) in [5, 5.41) is 3.57. The first-order valence-corrected chi connectivity index (χ1v) is 7.31. The van der Waals surface area contributed by atoms with E-state index in [0.29, 0.717) is 24.3 Å². The Morgan fingerprint density at radius 2 is 1.82 bits per heavy atom. The maximum Gasteiger partial charge on any atom is 0.0608 e. The lowest BCUT2D eigenvalue weighted by Crippen LogP contribution is -2.49. The monoisotopic (exact) mass is 240 g/mol. The molecule has 1 saturated heterocycles. The fourth-order valence-corrected chi connectivity index (χ4v) is 2.92. The van der Waals surface area contributed by atoms with Crippen molar-refractivity contribution in [1.29, 1.82) is 0 Å². The van der Waals surface area contributed by atoms with Crippen molar-refractivity contribution < 1.29 is 4.74 Å². The minimum Gasteiger partial charge on any atom is -0.375 e. The van der Waals surface area contributed by atoms with Gasteiger partial charge in [-0.3, -0.25) is 0 Å². The molecule has 1 N–H and O–H groups in total. The van der Waals surface area contributed by atoms with Crippen molar-refractivity contribution in [2.75, 3.05) is 19.6 Å². The molecule has 1 aliphatic carbocycles. The smallest absolute Gasteiger partial charge is 0.0608 e. The van der Waals surface area contributed by atoms with Gasteiger partial charge in [0.1, 0.15) is 0 Å². The van der Waals surface area contributed by atoms with E-state index in [4.69, 9.17) is 4.74 Å². The predicted molar refractivity (Wildman–Crippen MR) is 71.3 cm³/mol. The molecule has 2 aliphatic rings. The molecule has 100 valence electrons. The minimum atomic E-state index is 0.530. The maximum absolute atomic E-state index is 6.17. The molecule has 0 aromatic carbocycles. The van der Waals surface area contributed by atoms with Crippen LogP contribution in [0.15, 0.2) is 0 Å². The van der Waals surface area contributed by atoms with Gasteiger partial charge in [-0.1, -0.05) is 20.8 Å². The summed E-state index contributed by atoms with van der Waals surface area (Å²) in [6.45, 7) is 10.3. The largest absolute Gasteiger partial charge is 0.375 e. The number of ether oxygens (including phenoxy) is 1. The Kier molecular flexibility index (Phi) is 4.83. The van der Waals surface area contributed by atoms with Gasteiger partial charge in [-0.05, 0) is 32.2 Å². The predicted octanol–water partition coefficient (Wildman–Crippen LogP) is 2.02. The summed E-state index contributed by atoms with van der Waals surface area (Å²) in [4.78, 5) is 2.52. The normalized spacial score (nSPS) is 31.8. The molecule has 0 aromatic rings. The zero-order valence-corrected chi connectivity index (χ0v) is 11.6. The number of piperidine rings is 1. The molecule has 0 spiro atoms. The van der Waals surface area contributed by atoms with Gasteiger partial charge in [0, 0.05) is 25.2 Å². The highest BCUT2D eigenvalue weighted by Crippen LogP contribution is 2.27. The molecule has 0 radical (unpaired) electrons. The first-order chi connectivity index (χ1) is 8.17. The van der Waals surface area contributed by atoms with E-state index in [0.717, 1.165) is 0 Å². The zero-order valence-electron chi connectivity index (χ0n) is 11.6. The van der Waals surface area contributed by atoms with Crippen LogP contribution in [0.25, 0.3) is 0 Å².